The van der Waals surface area contributed by atoms with E-state index in [1.165, 1.54) is 6.42 Å². The van der Waals surface area contributed by atoms with Crippen molar-refractivity contribution in [3.05, 3.63) is 17.8 Å². The maximum absolute atomic E-state index is 12.4. The third-order valence-electron chi connectivity index (χ3n) is 4.35. The highest BCUT2D eigenvalue weighted by molar-refractivity contribution is 5.92. The van der Waals surface area contributed by atoms with Crippen molar-refractivity contribution in [3.8, 4) is 0 Å². The van der Waals surface area contributed by atoms with E-state index in [0.717, 1.165) is 25.9 Å². The topological polar surface area (TPSA) is 61.4 Å². The summed E-state index contributed by atoms with van der Waals surface area (Å²) in [5, 5.41) is 11.1. The fourth-order valence-electron chi connectivity index (χ4n) is 2.76. The number of aromatic nitrogens is 2. The van der Waals surface area contributed by atoms with Crippen LogP contribution in [0.2, 0.25) is 0 Å². The molecule has 1 saturated carbocycles. The molecule has 0 radical (unpaired) electrons. The highest BCUT2D eigenvalue weighted by Crippen LogP contribution is 2.36. The van der Waals surface area contributed by atoms with E-state index in [1.54, 1.807) is 17.0 Å². The van der Waals surface area contributed by atoms with Gasteiger partial charge in [-0.25, -0.2) is 0 Å². The number of carbonyl (C=O) groups is 1. The molecule has 21 heavy (non-hydrogen) atoms. The largest absolute Gasteiger partial charge is 0.369 e. The lowest BCUT2D eigenvalue weighted by molar-refractivity contribution is 0.0249. The van der Waals surface area contributed by atoms with Gasteiger partial charge in [0, 0.05) is 25.7 Å². The van der Waals surface area contributed by atoms with Crippen LogP contribution in [0, 0.1) is 0 Å². The zero-order valence-corrected chi connectivity index (χ0v) is 13.4. The summed E-state index contributed by atoms with van der Waals surface area (Å²) in [7, 11) is 6.01. The Morgan fingerprint density at radius 3 is 2.43 bits per heavy atom. The van der Waals surface area contributed by atoms with Crippen LogP contribution < -0.4 is 5.32 Å². The molecule has 0 spiro atoms. The molecule has 0 aliphatic heterocycles. The van der Waals surface area contributed by atoms with E-state index in [-0.39, 0.29) is 11.4 Å². The fraction of sp³-hybridized carbons (Fsp3) is 0.667. The molecule has 0 aromatic carbocycles. The number of nitrogens with one attached hydrogen (secondary N) is 1. The van der Waals surface area contributed by atoms with Crippen LogP contribution in [0.1, 0.15) is 36.7 Å². The monoisotopic (exact) mass is 291 g/mol. The van der Waals surface area contributed by atoms with Gasteiger partial charge in [-0.3, -0.25) is 4.79 Å². The number of hydrogen-bond donors (Lipinski definition) is 1. The fourth-order valence-corrected chi connectivity index (χ4v) is 2.76. The third kappa shape index (κ3) is 3.32. The molecular formula is C15H25N5O. The van der Waals surface area contributed by atoms with Crippen molar-refractivity contribution in [3.63, 3.8) is 0 Å². The summed E-state index contributed by atoms with van der Waals surface area (Å²) in [5.41, 5.74) is 0.522. The van der Waals surface area contributed by atoms with E-state index in [0.29, 0.717) is 11.5 Å². The number of anilines is 1. The SMILES string of the molecule is CCNc1ccc(C(=O)N(C)CC2(N(C)C)CCC2)nn1. The van der Waals surface area contributed by atoms with E-state index < -0.39 is 0 Å². The van der Waals surface area contributed by atoms with Gasteiger partial charge in [-0.1, -0.05) is 0 Å². The van der Waals surface area contributed by atoms with Crippen LogP contribution in [-0.4, -0.2) is 65.7 Å². The van der Waals surface area contributed by atoms with Crippen LogP contribution in [-0.2, 0) is 0 Å². The first-order valence-electron chi connectivity index (χ1n) is 7.49. The van der Waals surface area contributed by atoms with Gasteiger partial charge in [-0.05, 0) is 52.4 Å². The van der Waals surface area contributed by atoms with Crippen molar-refractivity contribution in [2.24, 2.45) is 0 Å². The van der Waals surface area contributed by atoms with Gasteiger partial charge in [-0.15, -0.1) is 10.2 Å². The number of likely N-dealkylation sites (N-methyl/N-ethyl adjacent to an activating group) is 2. The number of carbonyl (C=O) groups excluding carboxylic acids is 1. The molecule has 6 nitrogen and oxygen atoms in total. The average molecular weight is 291 g/mol. The summed E-state index contributed by atoms with van der Waals surface area (Å²) in [6, 6.07) is 3.52. The van der Waals surface area contributed by atoms with Crippen LogP contribution in [0.15, 0.2) is 12.1 Å². The molecule has 1 fully saturated rings. The molecule has 2 rings (SSSR count). The number of rotatable bonds is 6. The normalized spacial score (nSPS) is 16.4. The summed E-state index contributed by atoms with van der Waals surface area (Å²) in [6.07, 6.45) is 3.52. The van der Waals surface area contributed by atoms with Gasteiger partial charge in [0.25, 0.3) is 5.91 Å². The lowest BCUT2D eigenvalue weighted by Crippen LogP contribution is -2.57. The van der Waals surface area contributed by atoms with Gasteiger partial charge < -0.3 is 15.1 Å². The Kier molecular flexibility index (Phi) is 4.77. The summed E-state index contributed by atoms with van der Waals surface area (Å²) in [5.74, 6) is 0.624. The number of nitrogens with zero attached hydrogens (tertiary/aromatic N) is 4. The van der Waals surface area contributed by atoms with Crippen LogP contribution in [0.3, 0.4) is 0 Å². The molecule has 1 N–H and O–H groups in total. The molecule has 1 aliphatic carbocycles. The molecule has 0 bridgehead atoms. The van der Waals surface area contributed by atoms with Crippen molar-refractivity contribution in [2.45, 2.75) is 31.7 Å². The average Bonchev–Trinajstić information content (AvgIpc) is 2.42. The first kappa shape index (κ1) is 15.7. The zero-order valence-electron chi connectivity index (χ0n) is 13.4. The van der Waals surface area contributed by atoms with Gasteiger partial charge in [0.05, 0.1) is 0 Å². The number of hydrogen-bond acceptors (Lipinski definition) is 5. The van der Waals surface area contributed by atoms with Crippen molar-refractivity contribution in [2.75, 3.05) is 39.5 Å². The highest BCUT2D eigenvalue weighted by Gasteiger charge is 2.40. The van der Waals surface area contributed by atoms with Crippen LogP contribution in [0.4, 0.5) is 5.82 Å². The summed E-state index contributed by atoms with van der Waals surface area (Å²) in [6.45, 7) is 3.51. The first-order chi connectivity index (χ1) is 9.98. The van der Waals surface area contributed by atoms with Crippen molar-refractivity contribution in [1.29, 1.82) is 0 Å². The Hall–Kier alpha value is -1.69. The van der Waals surface area contributed by atoms with E-state index in [2.05, 4.69) is 34.5 Å². The molecule has 1 aromatic heterocycles. The minimum atomic E-state index is -0.0707. The third-order valence-corrected chi connectivity index (χ3v) is 4.35. The van der Waals surface area contributed by atoms with E-state index >= 15 is 0 Å². The standard InChI is InChI=1S/C15H25N5O/c1-5-16-13-8-7-12(17-18-13)14(21)20(4)11-15(19(2)3)9-6-10-15/h7-8H,5-6,9-11H2,1-4H3,(H,16,18). The van der Waals surface area contributed by atoms with E-state index in [9.17, 15) is 4.79 Å². The lowest BCUT2D eigenvalue weighted by atomic mass is 9.75. The quantitative estimate of drug-likeness (QED) is 0.860. The van der Waals surface area contributed by atoms with E-state index in [4.69, 9.17) is 0 Å². The minimum absolute atomic E-state index is 0.0707. The van der Waals surface area contributed by atoms with Gasteiger partial charge in [0.15, 0.2) is 5.69 Å². The Labute approximate surface area is 126 Å². The smallest absolute Gasteiger partial charge is 0.274 e. The molecule has 1 amide bonds. The lowest BCUT2D eigenvalue weighted by Gasteiger charge is -2.49. The molecule has 1 heterocycles. The Morgan fingerprint density at radius 1 is 1.29 bits per heavy atom. The van der Waals surface area contributed by atoms with Crippen LogP contribution >= 0.6 is 0 Å². The highest BCUT2D eigenvalue weighted by atomic mass is 16.2. The second-order valence-electron chi connectivity index (χ2n) is 5.97. The van der Waals surface area contributed by atoms with Crippen LogP contribution in [0.5, 0.6) is 0 Å². The van der Waals surface area contributed by atoms with Crippen molar-refractivity contribution in [1.82, 2.24) is 20.0 Å². The molecular weight excluding hydrogens is 266 g/mol. The predicted molar refractivity (Wildman–Crippen MR) is 83.4 cm³/mol. The van der Waals surface area contributed by atoms with Crippen LogP contribution in [0.25, 0.3) is 0 Å². The summed E-state index contributed by atoms with van der Waals surface area (Å²) < 4.78 is 0. The minimum Gasteiger partial charge on any atom is -0.369 e. The van der Waals surface area contributed by atoms with E-state index in [1.807, 2.05) is 14.0 Å². The van der Waals surface area contributed by atoms with Gasteiger partial charge in [0.2, 0.25) is 0 Å². The molecule has 116 valence electrons. The summed E-state index contributed by atoms with van der Waals surface area (Å²) >= 11 is 0. The van der Waals surface area contributed by atoms with Gasteiger partial charge in [-0.2, -0.15) is 0 Å². The Morgan fingerprint density at radius 2 is 2.00 bits per heavy atom. The maximum Gasteiger partial charge on any atom is 0.274 e. The molecule has 1 aromatic rings. The van der Waals surface area contributed by atoms with Gasteiger partial charge >= 0.3 is 0 Å². The number of amides is 1. The molecule has 0 saturated heterocycles. The van der Waals surface area contributed by atoms with Crippen molar-refractivity contribution < 1.29 is 4.79 Å². The van der Waals surface area contributed by atoms with Crippen molar-refractivity contribution >= 4 is 11.7 Å². The molecule has 6 heteroatoms. The van der Waals surface area contributed by atoms with Gasteiger partial charge in [0.1, 0.15) is 5.82 Å². The second-order valence-corrected chi connectivity index (χ2v) is 5.97. The summed E-state index contributed by atoms with van der Waals surface area (Å²) in [4.78, 5) is 16.4. The zero-order chi connectivity index (χ0) is 15.5. The first-order valence-corrected chi connectivity index (χ1v) is 7.49. The molecule has 0 atom stereocenters. The second kappa shape index (κ2) is 6.39. The maximum atomic E-state index is 12.4. The molecule has 1 aliphatic rings. The molecule has 0 unspecified atom stereocenters. The Balaban J connectivity index is 2.01. The predicted octanol–water partition coefficient (Wildman–Crippen LogP) is 1.46. The Bertz CT molecular complexity index is 481.